The summed E-state index contributed by atoms with van der Waals surface area (Å²) in [4.78, 5) is 39.2. The van der Waals surface area contributed by atoms with E-state index in [2.05, 4.69) is 5.32 Å². The quantitative estimate of drug-likeness (QED) is 0.430. The Morgan fingerprint density at radius 2 is 1.83 bits per heavy atom. The summed E-state index contributed by atoms with van der Waals surface area (Å²) in [5.41, 5.74) is 0.118. The molecule has 4 rings (SSSR count). The van der Waals surface area contributed by atoms with Crippen molar-refractivity contribution in [3.8, 4) is 11.5 Å². The molecule has 0 spiro atoms. The Bertz CT molecular complexity index is 802. The smallest absolute Gasteiger partial charge is 0.278 e. The van der Waals surface area contributed by atoms with E-state index in [1.807, 2.05) is 4.90 Å². The van der Waals surface area contributed by atoms with Crippen LogP contribution >= 0.6 is 0 Å². The van der Waals surface area contributed by atoms with Gasteiger partial charge in [-0.2, -0.15) is 0 Å². The maximum absolute atomic E-state index is 13.3. The monoisotopic (exact) mass is 404 g/mol. The lowest BCUT2D eigenvalue weighted by atomic mass is 9.99. The zero-order valence-electron chi connectivity index (χ0n) is 16.0. The third-order valence-corrected chi connectivity index (χ3v) is 5.83. The average molecular weight is 404 g/mol. The van der Waals surface area contributed by atoms with Crippen LogP contribution in [0.15, 0.2) is 12.1 Å². The van der Waals surface area contributed by atoms with E-state index < -0.39 is 11.0 Å². The topological polar surface area (TPSA) is 114 Å². The summed E-state index contributed by atoms with van der Waals surface area (Å²) >= 11 is 0. The summed E-state index contributed by atoms with van der Waals surface area (Å²) in [5, 5.41) is 14.9. The molecule has 0 aromatic heterocycles. The van der Waals surface area contributed by atoms with Crippen molar-refractivity contribution >= 4 is 18.0 Å². The lowest BCUT2D eigenvalue weighted by Gasteiger charge is -2.37. The molecule has 156 valence electrons. The highest BCUT2D eigenvalue weighted by molar-refractivity contribution is 5.85. The van der Waals surface area contributed by atoms with Gasteiger partial charge in [0.15, 0.2) is 11.5 Å². The molecule has 0 bridgehead atoms. The van der Waals surface area contributed by atoms with Crippen LogP contribution in [-0.2, 0) is 9.59 Å². The highest BCUT2D eigenvalue weighted by Crippen LogP contribution is 2.42. The number of nitro benzene ring substituents is 1. The first kappa shape index (κ1) is 19.4. The third-order valence-electron chi connectivity index (χ3n) is 5.83. The zero-order valence-corrected chi connectivity index (χ0v) is 16.0. The minimum atomic E-state index is -0.834. The van der Waals surface area contributed by atoms with Crippen molar-refractivity contribution in [1.82, 2.24) is 15.1 Å². The summed E-state index contributed by atoms with van der Waals surface area (Å²) in [7, 11) is 0. The number of hydrogen-bond acceptors (Lipinski definition) is 7. The Morgan fingerprint density at radius 3 is 2.45 bits per heavy atom. The predicted octanol–water partition coefficient (Wildman–Crippen LogP) is 1.20. The molecule has 0 unspecified atom stereocenters. The lowest BCUT2D eigenvalue weighted by Crippen LogP contribution is -2.51. The van der Waals surface area contributed by atoms with E-state index >= 15 is 0 Å². The van der Waals surface area contributed by atoms with Gasteiger partial charge in [-0.25, -0.2) is 0 Å². The number of benzene rings is 1. The number of nitrogens with zero attached hydrogens (tertiary/aromatic N) is 3. The number of carbonyl (C=O) groups excluding carboxylic acids is 2. The van der Waals surface area contributed by atoms with Gasteiger partial charge >= 0.3 is 0 Å². The molecule has 1 aliphatic carbocycles. The van der Waals surface area contributed by atoms with Crippen LogP contribution in [0.1, 0.15) is 37.3 Å². The molecular weight excluding hydrogens is 380 g/mol. The molecule has 2 aliphatic heterocycles. The molecule has 2 fully saturated rings. The molecule has 1 N–H and O–H groups in total. The SMILES string of the molecule is O=CN1CCN([C@H](C(=O)NC2CCCC2)c2cc3c(cc2[N+](=O)[O-])OCO3)CC1. The van der Waals surface area contributed by atoms with Gasteiger partial charge in [0, 0.05) is 32.2 Å². The van der Waals surface area contributed by atoms with Gasteiger partial charge in [-0.1, -0.05) is 12.8 Å². The highest BCUT2D eigenvalue weighted by Gasteiger charge is 2.38. The second-order valence-electron chi connectivity index (χ2n) is 7.59. The van der Waals surface area contributed by atoms with Gasteiger partial charge in [0.25, 0.3) is 5.69 Å². The summed E-state index contributed by atoms with van der Waals surface area (Å²) in [6.07, 6.45) is 4.75. The maximum Gasteiger partial charge on any atom is 0.278 e. The van der Waals surface area contributed by atoms with Gasteiger partial charge < -0.3 is 19.7 Å². The summed E-state index contributed by atoms with van der Waals surface area (Å²) < 4.78 is 10.7. The second-order valence-corrected chi connectivity index (χ2v) is 7.59. The number of nitrogens with one attached hydrogen (secondary N) is 1. The summed E-state index contributed by atoms with van der Waals surface area (Å²) in [6, 6.07) is 2.13. The Kier molecular flexibility index (Phi) is 5.52. The number of nitro groups is 1. The van der Waals surface area contributed by atoms with E-state index in [9.17, 15) is 19.7 Å². The Balaban J connectivity index is 1.68. The van der Waals surface area contributed by atoms with Crippen molar-refractivity contribution in [2.24, 2.45) is 0 Å². The van der Waals surface area contributed by atoms with Gasteiger partial charge in [-0.3, -0.25) is 24.6 Å². The van der Waals surface area contributed by atoms with Crippen molar-refractivity contribution < 1.29 is 24.0 Å². The van der Waals surface area contributed by atoms with Crippen LogP contribution in [0.2, 0.25) is 0 Å². The fraction of sp³-hybridized carbons (Fsp3) is 0.579. The van der Waals surface area contributed by atoms with E-state index in [0.717, 1.165) is 32.1 Å². The lowest BCUT2D eigenvalue weighted by molar-refractivity contribution is -0.386. The van der Waals surface area contributed by atoms with Crippen LogP contribution in [0.25, 0.3) is 0 Å². The van der Waals surface area contributed by atoms with Crippen molar-refractivity contribution in [2.45, 2.75) is 37.8 Å². The fourth-order valence-corrected chi connectivity index (χ4v) is 4.28. The molecule has 1 atom stereocenters. The van der Waals surface area contributed by atoms with Gasteiger partial charge in [0.05, 0.1) is 16.6 Å². The van der Waals surface area contributed by atoms with E-state index in [4.69, 9.17) is 9.47 Å². The largest absolute Gasteiger partial charge is 0.454 e. The molecule has 10 heteroatoms. The number of rotatable bonds is 6. The van der Waals surface area contributed by atoms with Crippen molar-refractivity contribution in [3.05, 3.63) is 27.8 Å². The van der Waals surface area contributed by atoms with Gasteiger partial charge in [-0.05, 0) is 18.9 Å². The predicted molar refractivity (Wildman–Crippen MR) is 102 cm³/mol. The Morgan fingerprint density at radius 1 is 1.17 bits per heavy atom. The molecule has 3 aliphatic rings. The molecule has 10 nitrogen and oxygen atoms in total. The first-order valence-corrected chi connectivity index (χ1v) is 9.88. The number of ether oxygens (including phenoxy) is 2. The molecule has 0 radical (unpaired) electrons. The molecule has 29 heavy (non-hydrogen) atoms. The van der Waals surface area contributed by atoms with Crippen LogP contribution in [0, 0.1) is 10.1 Å². The van der Waals surface area contributed by atoms with Crippen LogP contribution in [0.4, 0.5) is 5.69 Å². The van der Waals surface area contributed by atoms with E-state index in [1.165, 1.54) is 6.07 Å². The number of amides is 2. The van der Waals surface area contributed by atoms with Crippen molar-refractivity contribution in [1.29, 1.82) is 0 Å². The Hall–Kier alpha value is -2.88. The highest BCUT2D eigenvalue weighted by atomic mass is 16.7. The number of hydrogen-bond donors (Lipinski definition) is 1. The van der Waals surface area contributed by atoms with Crippen LogP contribution in [0.5, 0.6) is 11.5 Å². The average Bonchev–Trinajstić information content (AvgIpc) is 3.39. The number of carbonyl (C=O) groups is 2. The molecule has 1 saturated heterocycles. The Labute approximate surface area is 167 Å². The molecule has 1 aromatic rings. The van der Waals surface area contributed by atoms with Crippen LogP contribution in [-0.4, -0.2) is 66.1 Å². The number of piperazine rings is 1. The molecule has 1 aromatic carbocycles. The molecule has 1 saturated carbocycles. The fourth-order valence-electron chi connectivity index (χ4n) is 4.28. The molecule has 2 amide bonds. The van der Waals surface area contributed by atoms with E-state index in [0.29, 0.717) is 37.7 Å². The molecular formula is C19H24N4O6. The van der Waals surface area contributed by atoms with Crippen molar-refractivity contribution in [3.63, 3.8) is 0 Å². The van der Waals surface area contributed by atoms with Gasteiger partial charge in [-0.15, -0.1) is 0 Å². The summed E-state index contributed by atoms with van der Waals surface area (Å²) in [6.45, 7) is 1.83. The second kappa shape index (κ2) is 8.24. The number of fused-ring (bicyclic) bond motifs is 1. The minimum Gasteiger partial charge on any atom is -0.454 e. The van der Waals surface area contributed by atoms with Crippen LogP contribution in [0.3, 0.4) is 0 Å². The van der Waals surface area contributed by atoms with Crippen LogP contribution < -0.4 is 14.8 Å². The minimum absolute atomic E-state index is 0.00706. The first-order chi connectivity index (χ1) is 14.1. The van der Waals surface area contributed by atoms with E-state index in [-0.39, 0.29) is 30.0 Å². The van der Waals surface area contributed by atoms with Gasteiger partial charge in [0.2, 0.25) is 19.1 Å². The third kappa shape index (κ3) is 3.98. The first-order valence-electron chi connectivity index (χ1n) is 9.88. The maximum atomic E-state index is 13.3. The van der Waals surface area contributed by atoms with Crippen molar-refractivity contribution in [2.75, 3.05) is 33.0 Å². The van der Waals surface area contributed by atoms with E-state index in [1.54, 1.807) is 11.0 Å². The standard InChI is InChI=1S/C19H24N4O6/c24-11-21-5-7-22(8-6-21)18(19(25)20-13-3-1-2-4-13)14-9-16-17(29-12-28-16)10-15(14)23(26)27/h9-11,13,18H,1-8,12H2,(H,20,25)/t18-/m0/s1. The zero-order chi connectivity index (χ0) is 20.4. The normalized spacial score (nSPS) is 20.5. The molecule has 2 heterocycles. The summed E-state index contributed by atoms with van der Waals surface area (Å²) in [5.74, 6) is 0.454. The van der Waals surface area contributed by atoms with Gasteiger partial charge in [0.1, 0.15) is 6.04 Å².